The van der Waals surface area contributed by atoms with Crippen LogP contribution in [0.1, 0.15) is 23.6 Å². The van der Waals surface area contributed by atoms with E-state index in [4.69, 9.17) is 9.47 Å². The summed E-state index contributed by atoms with van der Waals surface area (Å²) in [6.07, 6.45) is 0. The van der Waals surface area contributed by atoms with Crippen LogP contribution in [-0.2, 0) is 14.3 Å². The van der Waals surface area contributed by atoms with Crippen molar-refractivity contribution < 1.29 is 14.3 Å². The van der Waals surface area contributed by atoms with Gasteiger partial charge in [-0.25, -0.2) is 4.79 Å². The highest BCUT2D eigenvalue weighted by molar-refractivity contribution is 5.79. The maximum Gasteiger partial charge on any atom is 0.328 e. The number of carbonyl (C=O) groups excluding carboxylic acids is 1. The van der Waals surface area contributed by atoms with E-state index in [2.05, 4.69) is 31.3 Å². The lowest BCUT2D eigenvalue weighted by Gasteiger charge is -2.17. The molecular weight excluding hydrogens is 242 g/mol. The van der Waals surface area contributed by atoms with Crippen LogP contribution < -0.4 is 5.32 Å². The summed E-state index contributed by atoms with van der Waals surface area (Å²) in [5, 5.41) is 3.19. The van der Waals surface area contributed by atoms with Gasteiger partial charge in [-0.2, -0.15) is 0 Å². The number of carbonyl (C=O) groups is 1. The lowest BCUT2D eigenvalue weighted by Crippen LogP contribution is -2.29. The van der Waals surface area contributed by atoms with Gasteiger partial charge in [0.15, 0.2) is 0 Å². The Morgan fingerprint density at radius 1 is 1.16 bits per heavy atom. The second-order valence-corrected chi connectivity index (χ2v) is 4.78. The number of nitrogens with one attached hydrogen (secondary N) is 1. The van der Waals surface area contributed by atoms with Gasteiger partial charge in [0.25, 0.3) is 0 Å². The van der Waals surface area contributed by atoms with E-state index in [0.717, 1.165) is 11.3 Å². The lowest BCUT2D eigenvalue weighted by molar-refractivity contribution is -0.145. The van der Waals surface area contributed by atoms with E-state index in [9.17, 15) is 4.79 Å². The molecule has 0 heterocycles. The van der Waals surface area contributed by atoms with Crippen molar-refractivity contribution in [1.82, 2.24) is 0 Å². The number of benzene rings is 1. The van der Waals surface area contributed by atoms with Crippen LogP contribution in [0, 0.1) is 20.8 Å². The van der Waals surface area contributed by atoms with Gasteiger partial charge in [-0.15, -0.1) is 0 Å². The molecule has 4 nitrogen and oxygen atoms in total. The maximum absolute atomic E-state index is 11.7. The predicted octanol–water partition coefficient (Wildman–Crippen LogP) is 2.60. The van der Waals surface area contributed by atoms with Gasteiger partial charge in [0.05, 0.1) is 6.61 Å². The van der Waals surface area contributed by atoms with Crippen LogP contribution in [0.25, 0.3) is 0 Å². The first kappa shape index (κ1) is 15.5. The van der Waals surface area contributed by atoms with Gasteiger partial charge in [0.1, 0.15) is 12.6 Å². The number of hydrogen-bond donors (Lipinski definition) is 1. The summed E-state index contributed by atoms with van der Waals surface area (Å²) >= 11 is 0. The molecule has 1 rings (SSSR count). The fraction of sp³-hybridized carbons (Fsp3) is 0.533. The van der Waals surface area contributed by atoms with Crippen molar-refractivity contribution in [3.05, 3.63) is 28.8 Å². The molecular formula is C15H23NO3. The summed E-state index contributed by atoms with van der Waals surface area (Å²) in [7, 11) is 1.58. The highest BCUT2D eigenvalue weighted by Crippen LogP contribution is 2.20. The average molecular weight is 265 g/mol. The van der Waals surface area contributed by atoms with Crippen molar-refractivity contribution in [3.8, 4) is 0 Å². The Morgan fingerprint density at radius 3 is 2.42 bits per heavy atom. The standard InChI is InChI=1S/C15H23NO3/c1-10-8-12(3)14(9-11(10)2)16-13(4)15(17)19-7-6-18-5/h8-9,13,16H,6-7H2,1-5H3/t13-/m0/s1. The second-order valence-electron chi connectivity index (χ2n) is 4.78. The third-order valence-electron chi connectivity index (χ3n) is 3.10. The van der Waals surface area contributed by atoms with Crippen molar-refractivity contribution in [1.29, 1.82) is 0 Å². The van der Waals surface area contributed by atoms with Crippen LogP contribution in [0.4, 0.5) is 5.69 Å². The Balaban J connectivity index is 2.63. The molecule has 0 unspecified atom stereocenters. The zero-order chi connectivity index (χ0) is 14.4. The normalized spacial score (nSPS) is 12.1. The highest BCUT2D eigenvalue weighted by atomic mass is 16.6. The fourth-order valence-corrected chi connectivity index (χ4v) is 1.76. The minimum absolute atomic E-state index is 0.269. The monoisotopic (exact) mass is 265 g/mol. The number of anilines is 1. The van der Waals surface area contributed by atoms with E-state index in [1.165, 1.54) is 11.1 Å². The SMILES string of the molecule is COCCOC(=O)[C@H](C)Nc1cc(C)c(C)cc1C. The summed E-state index contributed by atoms with van der Waals surface area (Å²) in [6, 6.07) is 3.79. The summed E-state index contributed by atoms with van der Waals surface area (Å²) in [5.74, 6) is -0.269. The molecule has 0 saturated heterocycles. The first-order valence-corrected chi connectivity index (χ1v) is 6.45. The molecule has 0 amide bonds. The quantitative estimate of drug-likeness (QED) is 0.634. The molecule has 1 atom stereocenters. The van der Waals surface area contributed by atoms with Gasteiger partial charge >= 0.3 is 5.97 Å². The maximum atomic E-state index is 11.7. The molecule has 0 saturated carbocycles. The summed E-state index contributed by atoms with van der Waals surface area (Å²) < 4.78 is 9.92. The summed E-state index contributed by atoms with van der Waals surface area (Å²) in [4.78, 5) is 11.7. The minimum atomic E-state index is -0.377. The van der Waals surface area contributed by atoms with Gasteiger partial charge in [0.2, 0.25) is 0 Å². The Bertz CT molecular complexity index is 443. The second kappa shape index (κ2) is 7.14. The first-order valence-electron chi connectivity index (χ1n) is 6.45. The number of methoxy groups -OCH3 is 1. The Kier molecular flexibility index (Phi) is 5.83. The largest absolute Gasteiger partial charge is 0.462 e. The molecule has 4 heteroatoms. The molecule has 106 valence electrons. The molecule has 0 bridgehead atoms. The van der Waals surface area contributed by atoms with E-state index < -0.39 is 0 Å². The van der Waals surface area contributed by atoms with Crippen molar-refractivity contribution in [3.63, 3.8) is 0 Å². The Morgan fingerprint density at radius 2 is 1.79 bits per heavy atom. The zero-order valence-corrected chi connectivity index (χ0v) is 12.4. The summed E-state index contributed by atoms with van der Waals surface area (Å²) in [5.41, 5.74) is 4.55. The van der Waals surface area contributed by atoms with Crippen LogP contribution >= 0.6 is 0 Å². The van der Waals surface area contributed by atoms with Crippen LogP contribution in [0.2, 0.25) is 0 Å². The van der Waals surface area contributed by atoms with Crippen molar-refractivity contribution >= 4 is 11.7 Å². The first-order chi connectivity index (χ1) is 8.95. The van der Waals surface area contributed by atoms with Gasteiger partial charge < -0.3 is 14.8 Å². The molecule has 0 aliphatic rings. The number of aryl methyl sites for hydroxylation is 3. The fourth-order valence-electron chi connectivity index (χ4n) is 1.76. The van der Waals surface area contributed by atoms with Crippen molar-refractivity contribution in [2.24, 2.45) is 0 Å². The molecule has 0 fully saturated rings. The Hall–Kier alpha value is -1.55. The van der Waals surface area contributed by atoms with E-state index >= 15 is 0 Å². The molecule has 1 N–H and O–H groups in total. The van der Waals surface area contributed by atoms with Crippen LogP contribution in [0.5, 0.6) is 0 Å². The van der Waals surface area contributed by atoms with Crippen LogP contribution in [0.15, 0.2) is 12.1 Å². The molecule has 1 aromatic rings. The topological polar surface area (TPSA) is 47.6 Å². The number of esters is 1. The highest BCUT2D eigenvalue weighted by Gasteiger charge is 2.15. The molecule has 0 aliphatic heterocycles. The molecule has 0 aromatic heterocycles. The van der Waals surface area contributed by atoms with Gasteiger partial charge in [-0.3, -0.25) is 0 Å². The average Bonchev–Trinajstić information content (AvgIpc) is 2.36. The number of hydrogen-bond acceptors (Lipinski definition) is 4. The third kappa shape index (κ3) is 4.56. The number of rotatable bonds is 6. The third-order valence-corrected chi connectivity index (χ3v) is 3.10. The Labute approximate surface area is 115 Å². The molecule has 1 aromatic carbocycles. The lowest BCUT2D eigenvalue weighted by atomic mass is 10.0. The predicted molar refractivity (Wildman–Crippen MR) is 76.6 cm³/mol. The van der Waals surface area contributed by atoms with Crippen molar-refractivity contribution in [2.75, 3.05) is 25.6 Å². The minimum Gasteiger partial charge on any atom is -0.462 e. The van der Waals surface area contributed by atoms with E-state index in [1.54, 1.807) is 14.0 Å². The van der Waals surface area contributed by atoms with Gasteiger partial charge in [0, 0.05) is 12.8 Å². The van der Waals surface area contributed by atoms with Gasteiger partial charge in [-0.05, 0) is 50.5 Å². The van der Waals surface area contributed by atoms with Crippen molar-refractivity contribution in [2.45, 2.75) is 33.7 Å². The van der Waals surface area contributed by atoms with Gasteiger partial charge in [-0.1, -0.05) is 6.07 Å². The molecule has 0 spiro atoms. The summed E-state index contributed by atoms with van der Waals surface area (Å²) in [6.45, 7) is 8.66. The number of ether oxygens (including phenoxy) is 2. The van der Waals surface area contributed by atoms with Crippen LogP contribution in [0.3, 0.4) is 0 Å². The van der Waals surface area contributed by atoms with E-state index in [1.807, 2.05) is 6.92 Å². The molecule has 19 heavy (non-hydrogen) atoms. The zero-order valence-electron chi connectivity index (χ0n) is 12.4. The molecule has 0 radical (unpaired) electrons. The van der Waals surface area contributed by atoms with E-state index in [0.29, 0.717) is 6.61 Å². The molecule has 0 aliphatic carbocycles. The van der Waals surface area contributed by atoms with E-state index in [-0.39, 0.29) is 18.6 Å². The smallest absolute Gasteiger partial charge is 0.328 e. The van der Waals surface area contributed by atoms with Crippen LogP contribution in [-0.4, -0.2) is 32.3 Å².